The first-order valence-corrected chi connectivity index (χ1v) is 7.62. The van der Waals surface area contributed by atoms with E-state index in [0.29, 0.717) is 17.6 Å². The molecule has 3 aromatic rings. The maximum atomic E-state index is 12.5. The van der Waals surface area contributed by atoms with E-state index in [-0.39, 0.29) is 11.1 Å². The Labute approximate surface area is 134 Å². The van der Waals surface area contributed by atoms with Crippen LogP contribution in [0.25, 0.3) is 17.1 Å². The van der Waals surface area contributed by atoms with Crippen molar-refractivity contribution >= 4 is 17.1 Å². The molecule has 0 saturated carbocycles. The number of fused-ring (bicyclic) bond motifs is 1. The summed E-state index contributed by atoms with van der Waals surface area (Å²) in [6.45, 7) is 6.59. The molecule has 118 valence electrons. The summed E-state index contributed by atoms with van der Waals surface area (Å²) in [6.07, 6.45) is 7.14. The van der Waals surface area contributed by atoms with Crippen LogP contribution in [0.4, 0.5) is 0 Å². The molecule has 0 bridgehead atoms. The molecule has 0 atom stereocenters. The third-order valence-corrected chi connectivity index (χ3v) is 3.60. The van der Waals surface area contributed by atoms with Crippen LogP contribution in [0.1, 0.15) is 26.3 Å². The second-order valence-corrected chi connectivity index (χ2v) is 6.48. The fourth-order valence-corrected chi connectivity index (χ4v) is 2.44. The second kappa shape index (κ2) is 5.83. The van der Waals surface area contributed by atoms with Crippen LogP contribution >= 0.6 is 0 Å². The Bertz CT molecular complexity index is 898. The number of hydrogen-bond donors (Lipinski definition) is 0. The highest BCUT2D eigenvalue weighted by Gasteiger charge is 2.19. The molecule has 2 heterocycles. The Balaban J connectivity index is 1.90. The Morgan fingerprint density at radius 3 is 2.61 bits per heavy atom. The minimum atomic E-state index is -0.208. The van der Waals surface area contributed by atoms with Gasteiger partial charge in [0.15, 0.2) is 5.65 Å². The van der Waals surface area contributed by atoms with Crippen LogP contribution in [0.3, 0.4) is 0 Å². The van der Waals surface area contributed by atoms with Gasteiger partial charge in [0.25, 0.3) is 5.56 Å². The van der Waals surface area contributed by atoms with Gasteiger partial charge < -0.3 is 0 Å². The molecule has 0 aliphatic heterocycles. The molecular formula is C18H20N4O. The fraction of sp³-hybridized carbons (Fsp3) is 0.278. The molecule has 0 saturated heterocycles. The predicted octanol–water partition coefficient (Wildman–Crippen LogP) is 3.06. The molecule has 5 nitrogen and oxygen atoms in total. The van der Waals surface area contributed by atoms with Gasteiger partial charge in [-0.2, -0.15) is 5.10 Å². The van der Waals surface area contributed by atoms with Crippen molar-refractivity contribution in [2.75, 3.05) is 0 Å². The summed E-state index contributed by atoms with van der Waals surface area (Å²) < 4.78 is 3.38. The lowest BCUT2D eigenvalue weighted by Crippen LogP contribution is -2.25. The molecule has 2 aromatic heterocycles. The maximum absolute atomic E-state index is 12.5. The van der Waals surface area contributed by atoms with E-state index in [1.54, 1.807) is 21.8 Å². The van der Waals surface area contributed by atoms with Gasteiger partial charge in [-0.1, -0.05) is 42.5 Å². The molecule has 3 rings (SSSR count). The summed E-state index contributed by atoms with van der Waals surface area (Å²) in [7, 11) is 0. The molecule has 0 spiro atoms. The topological polar surface area (TPSA) is 52.7 Å². The number of hydrogen-bond acceptors (Lipinski definition) is 3. The molecule has 0 amide bonds. The minimum Gasteiger partial charge on any atom is -0.295 e. The van der Waals surface area contributed by atoms with Gasteiger partial charge in [-0.25, -0.2) is 9.67 Å². The summed E-state index contributed by atoms with van der Waals surface area (Å²) in [5.74, 6) is 0. The zero-order valence-corrected chi connectivity index (χ0v) is 13.6. The van der Waals surface area contributed by atoms with Crippen molar-refractivity contribution in [1.29, 1.82) is 0 Å². The van der Waals surface area contributed by atoms with Crippen LogP contribution in [0.2, 0.25) is 0 Å². The molecule has 0 radical (unpaired) electrons. The van der Waals surface area contributed by atoms with Crippen molar-refractivity contribution in [3.63, 3.8) is 0 Å². The quantitative estimate of drug-likeness (QED) is 0.747. The highest BCUT2D eigenvalue weighted by atomic mass is 16.1. The third-order valence-electron chi connectivity index (χ3n) is 3.60. The van der Waals surface area contributed by atoms with E-state index in [4.69, 9.17) is 0 Å². The highest BCUT2D eigenvalue weighted by molar-refractivity contribution is 5.73. The Morgan fingerprint density at radius 1 is 1.17 bits per heavy atom. The Hall–Kier alpha value is -2.69. The maximum Gasteiger partial charge on any atom is 0.264 e. The second-order valence-electron chi connectivity index (χ2n) is 6.48. The zero-order valence-electron chi connectivity index (χ0n) is 13.6. The van der Waals surface area contributed by atoms with Crippen LogP contribution in [-0.2, 0) is 12.1 Å². The van der Waals surface area contributed by atoms with Gasteiger partial charge >= 0.3 is 0 Å². The van der Waals surface area contributed by atoms with Crippen molar-refractivity contribution < 1.29 is 0 Å². The lowest BCUT2D eigenvalue weighted by molar-refractivity contribution is 0.365. The van der Waals surface area contributed by atoms with Crippen molar-refractivity contribution in [2.24, 2.45) is 0 Å². The lowest BCUT2D eigenvalue weighted by Gasteiger charge is -2.19. The SMILES string of the molecule is CC(C)(C)n1ncc2c(=O)n(C/C=C/c3ccccc3)cnc21. The number of allylic oxidation sites excluding steroid dienone is 1. The normalized spacial score (nSPS) is 12.3. The van der Waals surface area contributed by atoms with E-state index < -0.39 is 0 Å². The average molecular weight is 308 g/mol. The van der Waals surface area contributed by atoms with E-state index in [1.807, 2.05) is 63.3 Å². The van der Waals surface area contributed by atoms with Crippen molar-refractivity contribution in [1.82, 2.24) is 19.3 Å². The van der Waals surface area contributed by atoms with Crippen LogP contribution in [-0.4, -0.2) is 19.3 Å². The number of aromatic nitrogens is 4. The summed E-state index contributed by atoms with van der Waals surface area (Å²) in [6, 6.07) is 10.00. The fourth-order valence-electron chi connectivity index (χ4n) is 2.44. The van der Waals surface area contributed by atoms with E-state index in [2.05, 4.69) is 10.1 Å². The molecule has 0 aliphatic carbocycles. The van der Waals surface area contributed by atoms with Gasteiger partial charge in [-0.3, -0.25) is 9.36 Å². The van der Waals surface area contributed by atoms with Gasteiger partial charge in [-0.05, 0) is 26.3 Å². The molecule has 23 heavy (non-hydrogen) atoms. The molecule has 5 heteroatoms. The van der Waals surface area contributed by atoms with Gasteiger partial charge in [0.2, 0.25) is 0 Å². The van der Waals surface area contributed by atoms with Crippen LogP contribution in [0, 0.1) is 0 Å². The first-order chi connectivity index (χ1) is 11.0. The van der Waals surface area contributed by atoms with E-state index >= 15 is 0 Å². The Morgan fingerprint density at radius 2 is 1.91 bits per heavy atom. The van der Waals surface area contributed by atoms with Crippen LogP contribution < -0.4 is 5.56 Å². The van der Waals surface area contributed by atoms with E-state index in [1.165, 1.54) is 0 Å². The predicted molar refractivity (Wildman–Crippen MR) is 92.3 cm³/mol. The van der Waals surface area contributed by atoms with Crippen molar-refractivity contribution in [2.45, 2.75) is 32.9 Å². The van der Waals surface area contributed by atoms with Gasteiger partial charge in [0, 0.05) is 6.54 Å². The zero-order chi connectivity index (χ0) is 16.4. The van der Waals surface area contributed by atoms with Gasteiger partial charge in [0.1, 0.15) is 11.7 Å². The highest BCUT2D eigenvalue weighted by Crippen LogP contribution is 2.17. The molecule has 0 aliphatic rings. The van der Waals surface area contributed by atoms with Crippen molar-refractivity contribution in [3.05, 3.63) is 64.8 Å². The smallest absolute Gasteiger partial charge is 0.264 e. The van der Waals surface area contributed by atoms with E-state index in [0.717, 1.165) is 5.56 Å². The number of rotatable bonds is 3. The average Bonchev–Trinajstić information content (AvgIpc) is 2.95. The third kappa shape index (κ3) is 3.08. The summed E-state index contributed by atoms with van der Waals surface area (Å²) in [4.78, 5) is 17.0. The van der Waals surface area contributed by atoms with Crippen LogP contribution in [0.5, 0.6) is 0 Å². The van der Waals surface area contributed by atoms with Crippen LogP contribution in [0.15, 0.2) is 53.7 Å². The number of nitrogens with zero attached hydrogens (tertiary/aromatic N) is 4. The first kappa shape index (κ1) is 15.2. The molecule has 1 aromatic carbocycles. The molecule has 0 N–H and O–H groups in total. The van der Waals surface area contributed by atoms with Gasteiger partial charge in [-0.15, -0.1) is 0 Å². The largest absolute Gasteiger partial charge is 0.295 e. The monoisotopic (exact) mass is 308 g/mol. The standard InChI is InChI=1S/C18H20N4O/c1-18(2,3)22-16-15(12-20-22)17(23)21(13-19-16)11-7-10-14-8-5-4-6-9-14/h4-10,12-13H,11H2,1-3H3/b10-7+. The number of benzene rings is 1. The summed E-state index contributed by atoms with van der Waals surface area (Å²) >= 11 is 0. The summed E-state index contributed by atoms with van der Waals surface area (Å²) in [5.41, 5.74) is 1.46. The molecular weight excluding hydrogens is 288 g/mol. The van der Waals surface area contributed by atoms with Crippen molar-refractivity contribution in [3.8, 4) is 0 Å². The van der Waals surface area contributed by atoms with E-state index in [9.17, 15) is 4.79 Å². The van der Waals surface area contributed by atoms with Gasteiger partial charge in [0.05, 0.1) is 11.7 Å². The first-order valence-electron chi connectivity index (χ1n) is 7.62. The molecule has 0 unspecified atom stereocenters. The Kier molecular flexibility index (Phi) is 3.86. The lowest BCUT2D eigenvalue weighted by atomic mass is 10.1. The minimum absolute atomic E-state index is 0.0665. The summed E-state index contributed by atoms with van der Waals surface area (Å²) in [5, 5.41) is 4.87. The molecule has 0 fully saturated rings.